The van der Waals surface area contributed by atoms with Crippen molar-refractivity contribution < 1.29 is 14.6 Å². The average molecular weight is 234 g/mol. The Balaban J connectivity index is 2.30. The fraction of sp³-hybridized carbons (Fsp3) is 0.333. The van der Waals surface area contributed by atoms with E-state index in [9.17, 15) is 4.79 Å². The molecule has 0 bridgehead atoms. The Bertz CT molecular complexity index is 395. The number of nitriles is 1. The van der Waals surface area contributed by atoms with Gasteiger partial charge in [-0.15, -0.1) is 0 Å². The van der Waals surface area contributed by atoms with Gasteiger partial charge in [0, 0.05) is 13.2 Å². The van der Waals surface area contributed by atoms with Crippen molar-refractivity contribution in [1.29, 1.82) is 5.26 Å². The second-order valence-corrected chi connectivity index (χ2v) is 3.35. The van der Waals surface area contributed by atoms with Crippen LogP contribution in [0.2, 0.25) is 0 Å². The summed E-state index contributed by atoms with van der Waals surface area (Å²) in [7, 11) is 0. The van der Waals surface area contributed by atoms with E-state index in [-0.39, 0.29) is 19.1 Å². The van der Waals surface area contributed by atoms with Crippen molar-refractivity contribution in [1.82, 2.24) is 5.32 Å². The second kappa shape index (κ2) is 7.25. The lowest BCUT2D eigenvalue weighted by Crippen LogP contribution is -2.30. The second-order valence-electron chi connectivity index (χ2n) is 3.35. The van der Waals surface area contributed by atoms with Crippen LogP contribution in [0, 0.1) is 11.3 Å². The first-order valence-electron chi connectivity index (χ1n) is 5.27. The highest BCUT2D eigenvalue weighted by Gasteiger charge is 2.01. The van der Waals surface area contributed by atoms with Gasteiger partial charge < -0.3 is 15.2 Å². The zero-order valence-electron chi connectivity index (χ0n) is 9.35. The minimum Gasteiger partial charge on any atom is -0.484 e. The van der Waals surface area contributed by atoms with Crippen molar-refractivity contribution in [2.45, 2.75) is 6.42 Å². The van der Waals surface area contributed by atoms with Gasteiger partial charge in [0.1, 0.15) is 5.75 Å². The molecule has 1 aromatic rings. The number of benzene rings is 1. The van der Waals surface area contributed by atoms with E-state index in [4.69, 9.17) is 15.1 Å². The lowest BCUT2D eigenvalue weighted by Gasteiger charge is -2.06. The van der Waals surface area contributed by atoms with E-state index in [1.807, 2.05) is 6.07 Å². The lowest BCUT2D eigenvalue weighted by molar-refractivity contribution is -0.123. The molecule has 5 nitrogen and oxygen atoms in total. The van der Waals surface area contributed by atoms with Gasteiger partial charge >= 0.3 is 0 Å². The molecule has 1 rings (SSSR count). The molecular formula is C12H14N2O3. The summed E-state index contributed by atoms with van der Waals surface area (Å²) in [4.78, 5) is 11.2. The molecule has 2 N–H and O–H groups in total. The summed E-state index contributed by atoms with van der Waals surface area (Å²) in [6, 6.07) is 8.52. The third-order valence-corrected chi connectivity index (χ3v) is 2.01. The smallest absolute Gasteiger partial charge is 0.257 e. The van der Waals surface area contributed by atoms with Crippen LogP contribution in [0.15, 0.2) is 24.3 Å². The van der Waals surface area contributed by atoms with Crippen LogP contribution >= 0.6 is 0 Å². The molecule has 0 radical (unpaired) electrons. The van der Waals surface area contributed by atoms with Crippen LogP contribution in [0.25, 0.3) is 0 Å². The van der Waals surface area contributed by atoms with Gasteiger partial charge in [-0.3, -0.25) is 4.79 Å². The molecule has 0 aliphatic carbocycles. The summed E-state index contributed by atoms with van der Waals surface area (Å²) < 4.78 is 5.21. The highest BCUT2D eigenvalue weighted by Crippen LogP contribution is 2.10. The molecule has 0 fully saturated rings. The van der Waals surface area contributed by atoms with E-state index >= 15 is 0 Å². The molecule has 0 atom stereocenters. The van der Waals surface area contributed by atoms with Gasteiger partial charge in [-0.05, 0) is 30.7 Å². The Morgan fingerprint density at radius 2 is 2.12 bits per heavy atom. The van der Waals surface area contributed by atoms with Crippen molar-refractivity contribution >= 4 is 5.91 Å². The summed E-state index contributed by atoms with van der Waals surface area (Å²) in [6.07, 6.45) is 0.530. The maximum Gasteiger partial charge on any atom is 0.257 e. The summed E-state index contributed by atoms with van der Waals surface area (Å²) in [5, 5.41) is 19.7. The summed E-state index contributed by atoms with van der Waals surface area (Å²) in [5.41, 5.74) is 0.546. The van der Waals surface area contributed by atoms with Crippen molar-refractivity contribution in [3.05, 3.63) is 29.8 Å². The third kappa shape index (κ3) is 5.00. The molecule has 17 heavy (non-hydrogen) atoms. The number of ether oxygens (including phenoxy) is 1. The number of carbonyl (C=O) groups excluding carboxylic acids is 1. The predicted molar refractivity (Wildman–Crippen MR) is 61.4 cm³/mol. The zero-order valence-corrected chi connectivity index (χ0v) is 9.35. The van der Waals surface area contributed by atoms with Crippen LogP contribution in [-0.2, 0) is 4.79 Å². The Labute approximate surface area is 99.6 Å². The molecule has 0 saturated carbocycles. The summed E-state index contributed by atoms with van der Waals surface area (Å²) in [6.45, 7) is 0.417. The first-order valence-corrected chi connectivity index (χ1v) is 5.27. The highest BCUT2D eigenvalue weighted by atomic mass is 16.5. The highest BCUT2D eigenvalue weighted by molar-refractivity contribution is 5.77. The first-order chi connectivity index (χ1) is 8.26. The Morgan fingerprint density at radius 1 is 1.41 bits per heavy atom. The standard InChI is InChI=1S/C12H14N2O3/c13-8-10-2-4-11(5-3-10)17-9-12(16)14-6-1-7-15/h2-5,15H,1,6-7,9H2,(H,14,16). The van der Waals surface area contributed by atoms with Crippen molar-refractivity contribution in [2.24, 2.45) is 0 Å². The largest absolute Gasteiger partial charge is 0.484 e. The van der Waals surface area contributed by atoms with Gasteiger partial charge in [0.15, 0.2) is 6.61 Å². The number of aliphatic hydroxyl groups excluding tert-OH is 1. The average Bonchev–Trinajstić information content (AvgIpc) is 2.37. The molecule has 0 heterocycles. The number of aliphatic hydroxyl groups is 1. The van der Waals surface area contributed by atoms with Crippen LogP contribution in [0.5, 0.6) is 5.75 Å². The van der Waals surface area contributed by atoms with Gasteiger partial charge in [0.25, 0.3) is 5.91 Å². The molecule has 5 heteroatoms. The van der Waals surface area contributed by atoms with Gasteiger partial charge in [0.2, 0.25) is 0 Å². The van der Waals surface area contributed by atoms with Crippen LogP contribution < -0.4 is 10.1 Å². The minimum absolute atomic E-state index is 0.0523. The number of nitrogens with one attached hydrogen (secondary N) is 1. The topological polar surface area (TPSA) is 82.3 Å². The van der Waals surface area contributed by atoms with Gasteiger partial charge in [0.05, 0.1) is 11.6 Å². The van der Waals surface area contributed by atoms with E-state index in [1.54, 1.807) is 24.3 Å². The Kier molecular flexibility index (Phi) is 5.55. The number of carbonyl (C=O) groups is 1. The van der Waals surface area contributed by atoms with Gasteiger partial charge in [-0.1, -0.05) is 0 Å². The third-order valence-electron chi connectivity index (χ3n) is 2.01. The fourth-order valence-corrected chi connectivity index (χ4v) is 1.13. The first kappa shape index (κ1) is 13.0. The molecule has 1 aromatic carbocycles. The molecule has 0 aromatic heterocycles. The number of rotatable bonds is 6. The predicted octanol–water partition coefficient (Wildman–Crippen LogP) is 0.436. The minimum atomic E-state index is -0.234. The number of nitrogens with zero attached hydrogens (tertiary/aromatic N) is 1. The van der Waals surface area contributed by atoms with E-state index < -0.39 is 0 Å². The van der Waals surface area contributed by atoms with E-state index in [1.165, 1.54) is 0 Å². The zero-order chi connectivity index (χ0) is 12.5. The Hall–Kier alpha value is -2.06. The quantitative estimate of drug-likeness (QED) is 0.699. The van der Waals surface area contributed by atoms with Crippen LogP contribution in [0.4, 0.5) is 0 Å². The van der Waals surface area contributed by atoms with Crippen LogP contribution in [0.3, 0.4) is 0 Å². The SMILES string of the molecule is N#Cc1ccc(OCC(=O)NCCCO)cc1. The summed E-state index contributed by atoms with van der Waals surface area (Å²) >= 11 is 0. The molecule has 0 unspecified atom stereocenters. The Morgan fingerprint density at radius 3 is 2.71 bits per heavy atom. The monoisotopic (exact) mass is 234 g/mol. The van der Waals surface area contributed by atoms with E-state index in [0.717, 1.165) is 0 Å². The maximum absolute atomic E-state index is 11.2. The van der Waals surface area contributed by atoms with Crippen LogP contribution in [-0.4, -0.2) is 30.8 Å². The fourth-order valence-electron chi connectivity index (χ4n) is 1.13. The molecule has 1 amide bonds. The number of amides is 1. The van der Waals surface area contributed by atoms with E-state index in [2.05, 4.69) is 5.32 Å². The molecule has 0 saturated heterocycles. The molecule has 0 aliphatic heterocycles. The molecule has 0 aliphatic rings. The summed E-state index contributed by atoms with van der Waals surface area (Å²) in [5.74, 6) is 0.309. The van der Waals surface area contributed by atoms with Crippen molar-refractivity contribution in [3.63, 3.8) is 0 Å². The van der Waals surface area contributed by atoms with E-state index in [0.29, 0.717) is 24.3 Å². The van der Waals surface area contributed by atoms with Crippen molar-refractivity contribution in [3.8, 4) is 11.8 Å². The maximum atomic E-state index is 11.2. The molecular weight excluding hydrogens is 220 g/mol. The number of hydrogen-bond acceptors (Lipinski definition) is 4. The number of hydrogen-bond donors (Lipinski definition) is 2. The van der Waals surface area contributed by atoms with Gasteiger partial charge in [-0.25, -0.2) is 0 Å². The molecule has 0 spiro atoms. The van der Waals surface area contributed by atoms with Crippen molar-refractivity contribution in [2.75, 3.05) is 19.8 Å². The molecule has 90 valence electrons. The van der Waals surface area contributed by atoms with Crippen LogP contribution in [0.1, 0.15) is 12.0 Å². The van der Waals surface area contributed by atoms with Gasteiger partial charge in [-0.2, -0.15) is 5.26 Å². The lowest BCUT2D eigenvalue weighted by atomic mass is 10.2. The normalized spacial score (nSPS) is 9.41.